The van der Waals surface area contributed by atoms with Crippen molar-refractivity contribution in [1.82, 2.24) is 0 Å². The third-order valence-corrected chi connectivity index (χ3v) is 5.97. The van der Waals surface area contributed by atoms with Crippen LogP contribution in [-0.4, -0.2) is 12.9 Å². The van der Waals surface area contributed by atoms with Gasteiger partial charge >= 0.3 is 0 Å². The summed E-state index contributed by atoms with van der Waals surface area (Å²) < 4.78 is 11.7. The van der Waals surface area contributed by atoms with Crippen molar-refractivity contribution in [2.45, 2.75) is 13.0 Å². The zero-order valence-corrected chi connectivity index (χ0v) is 18.7. The van der Waals surface area contributed by atoms with Gasteiger partial charge in [0.05, 0.1) is 12.0 Å². The number of carbonyl (C=O) groups excluding carboxylic acids is 1. The molecule has 0 N–H and O–H groups in total. The molecular weight excluding hydrogens is 416 g/mol. The number of para-hydroxylation sites is 1. The average Bonchev–Trinajstić information content (AvgIpc) is 3.38. The largest absolute Gasteiger partial charge is 0.496 e. The number of carbonyl (C=O) groups is 1. The maximum atomic E-state index is 12.3. The van der Waals surface area contributed by atoms with Crippen LogP contribution in [0.15, 0.2) is 96.4 Å². The number of hydrogen-bond acceptors (Lipinski definition) is 4. The van der Waals surface area contributed by atoms with Gasteiger partial charge in [0.15, 0.2) is 5.78 Å². The second-order valence-electron chi connectivity index (χ2n) is 7.30. The predicted molar refractivity (Wildman–Crippen MR) is 131 cm³/mol. The molecule has 0 aliphatic heterocycles. The molecule has 32 heavy (non-hydrogen) atoms. The molecule has 0 aliphatic rings. The Morgan fingerprint density at radius 3 is 2.47 bits per heavy atom. The van der Waals surface area contributed by atoms with Crippen molar-refractivity contribution >= 4 is 23.2 Å². The Hall–Kier alpha value is -3.63. The van der Waals surface area contributed by atoms with Gasteiger partial charge in [-0.25, -0.2) is 0 Å². The van der Waals surface area contributed by atoms with E-state index in [0.717, 1.165) is 39.5 Å². The molecule has 3 aromatic carbocycles. The Morgan fingerprint density at radius 2 is 1.69 bits per heavy atom. The minimum Gasteiger partial charge on any atom is -0.496 e. The fourth-order valence-corrected chi connectivity index (χ4v) is 4.09. The first-order valence-electron chi connectivity index (χ1n) is 10.4. The molecule has 0 atom stereocenters. The molecule has 0 fully saturated rings. The Labute approximate surface area is 192 Å². The van der Waals surface area contributed by atoms with Crippen LogP contribution in [0.1, 0.15) is 31.9 Å². The molecule has 0 spiro atoms. The van der Waals surface area contributed by atoms with Crippen molar-refractivity contribution in [1.29, 1.82) is 0 Å². The molecule has 0 unspecified atom stereocenters. The summed E-state index contributed by atoms with van der Waals surface area (Å²) in [6, 6.07) is 28.0. The molecule has 4 rings (SSSR count). The summed E-state index contributed by atoms with van der Waals surface area (Å²) in [6.45, 7) is 0.371. The SMILES string of the molecule is COc1ccc(C=CC(=O)c2cccs2)cc1COc1ccccc1Cc1ccccc1. The summed E-state index contributed by atoms with van der Waals surface area (Å²) in [5.41, 5.74) is 4.22. The molecule has 0 radical (unpaired) electrons. The van der Waals surface area contributed by atoms with Gasteiger partial charge in [-0.05, 0) is 52.4 Å². The number of thiophene rings is 1. The second kappa shape index (κ2) is 10.6. The summed E-state index contributed by atoms with van der Waals surface area (Å²) in [7, 11) is 1.65. The molecule has 0 bridgehead atoms. The first-order chi connectivity index (χ1) is 15.7. The summed E-state index contributed by atoms with van der Waals surface area (Å²) in [5, 5.41) is 1.90. The van der Waals surface area contributed by atoms with Crippen LogP contribution in [0.5, 0.6) is 11.5 Å². The van der Waals surface area contributed by atoms with Gasteiger partial charge in [0.25, 0.3) is 0 Å². The summed E-state index contributed by atoms with van der Waals surface area (Å²) in [6.07, 6.45) is 4.24. The third-order valence-electron chi connectivity index (χ3n) is 5.09. The lowest BCUT2D eigenvalue weighted by molar-refractivity contribution is 0.105. The molecule has 1 heterocycles. The van der Waals surface area contributed by atoms with E-state index in [4.69, 9.17) is 9.47 Å². The Morgan fingerprint density at radius 1 is 0.875 bits per heavy atom. The molecule has 0 amide bonds. The van der Waals surface area contributed by atoms with E-state index in [-0.39, 0.29) is 5.78 Å². The van der Waals surface area contributed by atoms with Gasteiger partial charge in [-0.3, -0.25) is 4.79 Å². The molecule has 3 nitrogen and oxygen atoms in total. The topological polar surface area (TPSA) is 35.5 Å². The van der Waals surface area contributed by atoms with Crippen LogP contribution in [0.25, 0.3) is 6.08 Å². The Balaban J connectivity index is 1.49. The van der Waals surface area contributed by atoms with Crippen molar-refractivity contribution in [2.75, 3.05) is 7.11 Å². The van der Waals surface area contributed by atoms with Crippen molar-refractivity contribution in [3.05, 3.63) is 124 Å². The highest BCUT2D eigenvalue weighted by Crippen LogP contribution is 2.26. The van der Waals surface area contributed by atoms with Crippen LogP contribution in [0.4, 0.5) is 0 Å². The van der Waals surface area contributed by atoms with Gasteiger partial charge < -0.3 is 9.47 Å². The summed E-state index contributed by atoms with van der Waals surface area (Å²) >= 11 is 1.44. The molecule has 160 valence electrons. The van der Waals surface area contributed by atoms with E-state index < -0.39 is 0 Å². The zero-order chi connectivity index (χ0) is 22.2. The molecule has 0 aliphatic carbocycles. The molecule has 4 heteroatoms. The number of hydrogen-bond donors (Lipinski definition) is 0. The highest BCUT2D eigenvalue weighted by molar-refractivity contribution is 7.12. The molecule has 4 aromatic rings. The van der Waals surface area contributed by atoms with E-state index in [0.29, 0.717) is 6.61 Å². The quantitative estimate of drug-likeness (QED) is 0.212. The van der Waals surface area contributed by atoms with Gasteiger partial charge in [0.1, 0.15) is 18.1 Å². The lowest BCUT2D eigenvalue weighted by atomic mass is 10.0. The number of rotatable bonds is 9. The van der Waals surface area contributed by atoms with Crippen LogP contribution in [0, 0.1) is 0 Å². The smallest absolute Gasteiger partial charge is 0.195 e. The molecule has 0 saturated heterocycles. The van der Waals surface area contributed by atoms with E-state index in [1.807, 2.05) is 78.2 Å². The van der Waals surface area contributed by atoms with Gasteiger partial charge in [-0.2, -0.15) is 0 Å². The van der Waals surface area contributed by atoms with E-state index in [1.165, 1.54) is 16.9 Å². The van der Waals surface area contributed by atoms with Gasteiger partial charge in [0.2, 0.25) is 0 Å². The van der Waals surface area contributed by atoms with Crippen molar-refractivity contribution in [2.24, 2.45) is 0 Å². The highest BCUT2D eigenvalue weighted by Gasteiger charge is 2.09. The maximum Gasteiger partial charge on any atom is 0.195 e. The van der Waals surface area contributed by atoms with Gasteiger partial charge in [0, 0.05) is 12.0 Å². The minimum atomic E-state index is 0.00320. The highest BCUT2D eigenvalue weighted by atomic mass is 32.1. The Bertz CT molecular complexity index is 1190. The normalized spacial score (nSPS) is 10.9. The van der Waals surface area contributed by atoms with E-state index >= 15 is 0 Å². The zero-order valence-electron chi connectivity index (χ0n) is 17.9. The van der Waals surface area contributed by atoms with Crippen molar-refractivity contribution in [3.8, 4) is 11.5 Å². The second-order valence-corrected chi connectivity index (χ2v) is 8.25. The lowest BCUT2D eigenvalue weighted by Gasteiger charge is -2.14. The van der Waals surface area contributed by atoms with E-state index in [9.17, 15) is 4.79 Å². The third kappa shape index (κ3) is 5.54. The fraction of sp³-hybridized carbons (Fsp3) is 0.107. The van der Waals surface area contributed by atoms with Crippen LogP contribution < -0.4 is 9.47 Å². The number of allylic oxidation sites excluding steroid dienone is 1. The molecule has 0 saturated carbocycles. The van der Waals surface area contributed by atoms with Gasteiger partial charge in [-0.15, -0.1) is 11.3 Å². The van der Waals surface area contributed by atoms with Gasteiger partial charge in [-0.1, -0.05) is 66.7 Å². The lowest BCUT2D eigenvalue weighted by Crippen LogP contribution is -2.02. The van der Waals surface area contributed by atoms with Crippen molar-refractivity contribution < 1.29 is 14.3 Å². The minimum absolute atomic E-state index is 0.00320. The molecular formula is C28H24O3S. The average molecular weight is 441 g/mol. The first kappa shape index (κ1) is 21.6. The van der Waals surface area contributed by atoms with E-state index in [2.05, 4.69) is 18.2 Å². The monoisotopic (exact) mass is 440 g/mol. The van der Waals surface area contributed by atoms with Crippen LogP contribution >= 0.6 is 11.3 Å². The number of methoxy groups -OCH3 is 1. The van der Waals surface area contributed by atoms with Crippen LogP contribution in [0.3, 0.4) is 0 Å². The first-order valence-corrected chi connectivity index (χ1v) is 11.3. The number of ether oxygens (including phenoxy) is 2. The maximum absolute atomic E-state index is 12.3. The fourth-order valence-electron chi connectivity index (χ4n) is 3.45. The number of benzene rings is 3. The molecule has 1 aromatic heterocycles. The van der Waals surface area contributed by atoms with E-state index in [1.54, 1.807) is 13.2 Å². The van der Waals surface area contributed by atoms with Crippen LogP contribution in [0.2, 0.25) is 0 Å². The standard InChI is InChI=1S/C28H24O3S/c1-30-26-16-14-22(13-15-25(29)28-12-7-17-32-28)19-24(26)20-31-27-11-6-5-10-23(27)18-21-8-3-2-4-9-21/h2-17,19H,18,20H2,1H3. The van der Waals surface area contributed by atoms with Crippen molar-refractivity contribution in [3.63, 3.8) is 0 Å². The predicted octanol–water partition coefficient (Wildman–Crippen LogP) is 6.82. The summed E-state index contributed by atoms with van der Waals surface area (Å²) in [4.78, 5) is 13.0. The van der Waals surface area contributed by atoms with Crippen LogP contribution in [-0.2, 0) is 13.0 Å². The summed E-state index contributed by atoms with van der Waals surface area (Å²) in [5.74, 6) is 1.61. The number of ketones is 1. The Kier molecular flexibility index (Phi) is 7.15.